The number of hydrogen-bond donors (Lipinski definition) is 0. The van der Waals surface area contributed by atoms with Crippen molar-refractivity contribution in [2.45, 2.75) is 18.6 Å². The van der Waals surface area contributed by atoms with E-state index in [2.05, 4.69) is 5.29 Å². The Kier molecular flexibility index (Phi) is 4.82. The number of benzene rings is 2. The van der Waals surface area contributed by atoms with Crippen LogP contribution in [0.25, 0.3) is 0 Å². The monoisotopic (exact) mass is 311 g/mol. The number of hydrogen-bond acceptors (Lipinski definition) is 4. The van der Waals surface area contributed by atoms with Crippen LogP contribution in [0.5, 0.6) is 0 Å². The summed E-state index contributed by atoms with van der Waals surface area (Å²) >= 11 is 0. The van der Waals surface area contributed by atoms with Crippen molar-refractivity contribution in [1.29, 1.82) is 5.26 Å². The summed E-state index contributed by atoms with van der Waals surface area (Å²) in [6, 6.07) is 16.4. The van der Waals surface area contributed by atoms with E-state index in [-0.39, 0.29) is 5.56 Å². The third-order valence-corrected chi connectivity index (χ3v) is 3.57. The van der Waals surface area contributed by atoms with Crippen LogP contribution in [0.4, 0.5) is 4.39 Å². The maximum Gasteiger partial charge on any atom is 0.303 e. The Morgan fingerprint density at radius 3 is 2.17 bits per heavy atom. The summed E-state index contributed by atoms with van der Waals surface area (Å²) < 4.78 is 15.0. The number of halogens is 1. The van der Waals surface area contributed by atoms with E-state index in [0.717, 1.165) is 0 Å². The van der Waals surface area contributed by atoms with Crippen molar-refractivity contribution in [2.24, 2.45) is 5.29 Å². The maximum atomic E-state index is 15.0. The second-order valence-corrected chi connectivity index (χ2v) is 4.95. The zero-order valence-corrected chi connectivity index (χ0v) is 12.4. The van der Waals surface area contributed by atoms with Crippen LogP contribution >= 0.6 is 0 Å². The van der Waals surface area contributed by atoms with Crippen LogP contribution in [-0.2, 0) is 10.5 Å². The first-order valence-electron chi connectivity index (χ1n) is 6.92. The molecule has 0 spiro atoms. The highest BCUT2D eigenvalue weighted by Gasteiger charge is 2.46. The Balaban J connectivity index is 2.39. The van der Waals surface area contributed by atoms with Crippen molar-refractivity contribution in [2.75, 3.05) is 0 Å². The highest BCUT2D eigenvalue weighted by Crippen LogP contribution is 2.32. The first kappa shape index (κ1) is 16.3. The molecular weight excluding hydrogens is 297 g/mol. The molecule has 0 unspecified atom stereocenters. The maximum absolute atomic E-state index is 15.0. The van der Waals surface area contributed by atoms with E-state index >= 15 is 4.39 Å². The number of nitrogens with zero attached hydrogens (tertiary/aromatic N) is 3. The summed E-state index contributed by atoms with van der Waals surface area (Å²) in [5.74, 6) is -1.31. The van der Waals surface area contributed by atoms with Crippen molar-refractivity contribution in [3.05, 3.63) is 76.7 Å². The topological polar surface area (TPSA) is 73.5 Å². The van der Waals surface area contributed by atoms with Crippen LogP contribution in [0.2, 0.25) is 0 Å². The van der Waals surface area contributed by atoms with E-state index in [1.165, 1.54) is 37.3 Å². The largest absolute Gasteiger partial charge is 0.303 e. The van der Waals surface area contributed by atoms with Gasteiger partial charge in [-0.25, -0.2) is 4.39 Å². The van der Waals surface area contributed by atoms with Gasteiger partial charge in [0.1, 0.15) is 6.07 Å². The molecule has 2 aromatic carbocycles. The Morgan fingerprint density at radius 2 is 1.70 bits per heavy atom. The van der Waals surface area contributed by atoms with Crippen LogP contribution in [0.3, 0.4) is 0 Å². The van der Waals surface area contributed by atoms with E-state index in [4.69, 9.17) is 0 Å². The molecule has 0 heterocycles. The number of nitriles is 1. The summed E-state index contributed by atoms with van der Waals surface area (Å²) in [7, 11) is 0. The molecule has 0 aliphatic heterocycles. The summed E-state index contributed by atoms with van der Waals surface area (Å²) in [5.41, 5.74) is -2.51. The lowest BCUT2D eigenvalue weighted by Gasteiger charge is -2.26. The van der Waals surface area contributed by atoms with Gasteiger partial charge in [0.2, 0.25) is 0 Å². The van der Waals surface area contributed by atoms with Gasteiger partial charge in [-0.15, -0.1) is 4.91 Å². The first-order valence-corrected chi connectivity index (χ1v) is 6.92. The van der Waals surface area contributed by atoms with Crippen molar-refractivity contribution < 1.29 is 9.18 Å². The minimum atomic E-state index is -2.97. The summed E-state index contributed by atoms with van der Waals surface area (Å²) in [6.45, 7) is 1.54. The smallest absolute Gasteiger partial charge is 0.267 e. The number of amides is 1. The van der Waals surface area contributed by atoms with E-state index in [9.17, 15) is 15.0 Å². The Bertz CT molecular complexity index is 731. The van der Waals surface area contributed by atoms with Crippen molar-refractivity contribution in [3.8, 4) is 6.07 Å². The number of carbonyl (C=O) groups is 1. The van der Waals surface area contributed by atoms with Crippen LogP contribution in [-0.4, -0.2) is 10.9 Å². The molecule has 5 nitrogen and oxygen atoms in total. The second-order valence-electron chi connectivity index (χ2n) is 4.95. The molecule has 2 aromatic rings. The molecular formula is C17H14FN3O2. The molecule has 6 heteroatoms. The van der Waals surface area contributed by atoms with Crippen LogP contribution < -0.4 is 0 Å². The molecule has 116 valence electrons. The van der Waals surface area contributed by atoms with Crippen LogP contribution in [0.15, 0.2) is 65.9 Å². The van der Waals surface area contributed by atoms with E-state index in [0.29, 0.717) is 10.6 Å². The van der Waals surface area contributed by atoms with Gasteiger partial charge in [0, 0.05) is 5.56 Å². The highest BCUT2D eigenvalue weighted by molar-refractivity contribution is 5.89. The molecule has 0 aliphatic carbocycles. The van der Waals surface area contributed by atoms with Gasteiger partial charge in [0.25, 0.3) is 5.67 Å². The van der Waals surface area contributed by atoms with Crippen molar-refractivity contribution in [3.63, 3.8) is 0 Å². The van der Waals surface area contributed by atoms with Crippen molar-refractivity contribution in [1.82, 2.24) is 5.01 Å². The van der Waals surface area contributed by atoms with Gasteiger partial charge >= 0.3 is 5.91 Å². The molecule has 0 saturated heterocycles. The molecule has 0 saturated carbocycles. The van der Waals surface area contributed by atoms with Gasteiger partial charge < -0.3 is 0 Å². The average molecular weight is 311 g/mol. The molecule has 2 atom stereocenters. The number of alkyl halides is 1. The van der Waals surface area contributed by atoms with Crippen LogP contribution in [0, 0.1) is 16.2 Å². The van der Waals surface area contributed by atoms with E-state index in [1.807, 2.05) is 0 Å². The Labute approximate surface area is 132 Å². The summed E-state index contributed by atoms with van der Waals surface area (Å²) in [5, 5.41) is 12.3. The zero-order chi connectivity index (χ0) is 16.9. The number of carbonyl (C=O) groups excluding carboxylic acids is 1. The Morgan fingerprint density at radius 1 is 1.17 bits per heavy atom. The molecule has 0 aromatic heterocycles. The van der Waals surface area contributed by atoms with Gasteiger partial charge in [0.15, 0.2) is 0 Å². The fourth-order valence-electron chi connectivity index (χ4n) is 2.22. The molecule has 0 aliphatic rings. The first-order chi connectivity index (χ1) is 11.0. The number of nitroso groups, excluding NO2 is 1. The normalized spacial score (nSPS) is 14.1. The fraction of sp³-hybridized carbons (Fsp3) is 0.176. The van der Waals surface area contributed by atoms with E-state index in [1.54, 1.807) is 36.4 Å². The van der Waals surface area contributed by atoms with E-state index < -0.39 is 17.6 Å². The average Bonchev–Trinajstić information content (AvgIpc) is 2.62. The SMILES string of the molecule is C[C@H](c1ccccc1)N(N=O)C(=O)[C@](F)(C#N)c1ccccc1. The van der Waals surface area contributed by atoms with Gasteiger partial charge in [-0.2, -0.15) is 10.3 Å². The lowest BCUT2D eigenvalue weighted by atomic mass is 9.95. The lowest BCUT2D eigenvalue weighted by molar-refractivity contribution is -0.143. The predicted molar refractivity (Wildman–Crippen MR) is 82.3 cm³/mol. The molecule has 1 amide bonds. The minimum Gasteiger partial charge on any atom is -0.267 e. The standard InChI is InChI=1S/C17H14FN3O2/c1-13(14-8-4-2-5-9-14)21(20-23)16(22)17(18,12-19)15-10-6-3-7-11-15/h2-11,13H,1H3/t13-,17+/m1/s1. The summed E-state index contributed by atoms with van der Waals surface area (Å²) in [6.07, 6.45) is 0. The summed E-state index contributed by atoms with van der Waals surface area (Å²) in [4.78, 5) is 23.6. The molecule has 0 fully saturated rings. The molecule has 0 N–H and O–H groups in total. The highest BCUT2D eigenvalue weighted by atomic mass is 19.1. The van der Waals surface area contributed by atoms with Crippen LogP contribution in [0.1, 0.15) is 24.1 Å². The quantitative estimate of drug-likeness (QED) is 0.625. The van der Waals surface area contributed by atoms with Gasteiger partial charge in [-0.1, -0.05) is 60.7 Å². The third-order valence-electron chi connectivity index (χ3n) is 3.57. The van der Waals surface area contributed by atoms with Gasteiger partial charge in [-0.3, -0.25) is 4.79 Å². The third kappa shape index (κ3) is 3.09. The lowest BCUT2D eigenvalue weighted by Crippen LogP contribution is -2.42. The fourth-order valence-corrected chi connectivity index (χ4v) is 2.22. The zero-order valence-electron chi connectivity index (χ0n) is 12.4. The molecule has 23 heavy (non-hydrogen) atoms. The molecule has 0 radical (unpaired) electrons. The predicted octanol–water partition coefficient (Wildman–Crippen LogP) is 3.65. The van der Waals surface area contributed by atoms with Gasteiger partial charge in [0.05, 0.1) is 11.3 Å². The second kappa shape index (κ2) is 6.79. The molecule has 2 rings (SSSR count). The number of rotatable bonds is 5. The van der Waals surface area contributed by atoms with Gasteiger partial charge in [-0.05, 0) is 12.5 Å². The Hall–Kier alpha value is -3.07. The van der Waals surface area contributed by atoms with Crippen molar-refractivity contribution >= 4 is 5.91 Å². The molecule has 0 bridgehead atoms. The minimum absolute atomic E-state index is 0.138.